The van der Waals surface area contributed by atoms with E-state index < -0.39 is 6.61 Å². The zero-order valence-corrected chi connectivity index (χ0v) is 20.2. The summed E-state index contributed by atoms with van der Waals surface area (Å²) in [7, 11) is 0. The van der Waals surface area contributed by atoms with Crippen LogP contribution in [0.1, 0.15) is 75.0 Å². The molecule has 2 aromatic carbocycles. The van der Waals surface area contributed by atoms with Crippen LogP contribution in [0.4, 0.5) is 8.78 Å². The molecule has 0 N–H and O–H groups in total. The van der Waals surface area contributed by atoms with Gasteiger partial charge in [0.25, 0.3) is 0 Å². The van der Waals surface area contributed by atoms with Gasteiger partial charge in [0.2, 0.25) is 0 Å². The van der Waals surface area contributed by atoms with Gasteiger partial charge < -0.3 is 4.74 Å². The summed E-state index contributed by atoms with van der Waals surface area (Å²) in [6.45, 7) is -0.536. The first-order chi connectivity index (χ1) is 16.6. The van der Waals surface area contributed by atoms with Crippen LogP contribution in [-0.4, -0.2) is 16.6 Å². The molecular formula is C29H36F2N2O. The number of unbranched alkanes of at least 4 members (excludes halogenated alkanes) is 7. The standard InChI is InChI=1S/C29H36F2N2O/c1-2-3-4-5-6-7-8-9-10-25-21-32-28(33-22-25)26-17-13-23(14-18-26)11-12-24-15-19-27(20-16-24)34-29(30)31/h13-22,29H,2-12H2,1H3. The maximum absolute atomic E-state index is 12.3. The maximum atomic E-state index is 12.3. The van der Waals surface area contributed by atoms with E-state index in [1.165, 1.54) is 62.5 Å². The fourth-order valence-electron chi connectivity index (χ4n) is 4.04. The van der Waals surface area contributed by atoms with Gasteiger partial charge in [-0.15, -0.1) is 0 Å². The summed E-state index contributed by atoms with van der Waals surface area (Å²) in [5.74, 6) is 0.938. The lowest BCUT2D eigenvalue weighted by Gasteiger charge is -2.07. The first-order valence-corrected chi connectivity index (χ1v) is 12.6. The maximum Gasteiger partial charge on any atom is 0.387 e. The molecule has 0 bridgehead atoms. The minimum atomic E-state index is -2.79. The number of halogens is 2. The second kappa shape index (κ2) is 14.4. The molecule has 0 saturated carbocycles. The van der Waals surface area contributed by atoms with E-state index in [4.69, 9.17) is 0 Å². The normalized spacial score (nSPS) is 11.2. The van der Waals surface area contributed by atoms with E-state index in [0.29, 0.717) is 0 Å². The Kier molecular flexibility index (Phi) is 11.0. The van der Waals surface area contributed by atoms with Crippen molar-refractivity contribution >= 4 is 0 Å². The van der Waals surface area contributed by atoms with E-state index in [2.05, 4.69) is 45.9 Å². The molecule has 0 fully saturated rings. The van der Waals surface area contributed by atoms with Gasteiger partial charge >= 0.3 is 6.61 Å². The molecule has 0 spiro atoms. The third kappa shape index (κ3) is 9.20. The molecule has 182 valence electrons. The van der Waals surface area contributed by atoms with Gasteiger partial charge in [-0.25, -0.2) is 9.97 Å². The number of benzene rings is 2. The second-order valence-corrected chi connectivity index (χ2v) is 8.86. The Labute approximate surface area is 202 Å². The quantitative estimate of drug-likeness (QED) is 0.212. The van der Waals surface area contributed by atoms with Crippen molar-refractivity contribution in [2.24, 2.45) is 0 Å². The van der Waals surface area contributed by atoms with Crippen molar-refractivity contribution in [1.29, 1.82) is 0 Å². The number of alkyl halides is 2. The Balaban J connectivity index is 1.40. The molecule has 3 aromatic rings. The molecule has 1 aromatic heterocycles. The van der Waals surface area contributed by atoms with Gasteiger partial charge in [-0.3, -0.25) is 0 Å². The topological polar surface area (TPSA) is 35.0 Å². The summed E-state index contributed by atoms with van der Waals surface area (Å²) in [6.07, 6.45) is 17.2. The third-order valence-corrected chi connectivity index (χ3v) is 6.09. The Morgan fingerprint density at radius 3 is 1.74 bits per heavy atom. The van der Waals surface area contributed by atoms with Crippen LogP contribution in [0, 0.1) is 0 Å². The van der Waals surface area contributed by atoms with Crippen molar-refractivity contribution in [3.8, 4) is 17.1 Å². The van der Waals surface area contributed by atoms with Crippen LogP contribution in [0.15, 0.2) is 60.9 Å². The van der Waals surface area contributed by atoms with Crippen molar-refractivity contribution < 1.29 is 13.5 Å². The van der Waals surface area contributed by atoms with Gasteiger partial charge in [0.1, 0.15) is 5.75 Å². The van der Waals surface area contributed by atoms with E-state index in [9.17, 15) is 8.78 Å². The van der Waals surface area contributed by atoms with Crippen LogP contribution < -0.4 is 4.74 Å². The molecule has 0 amide bonds. The van der Waals surface area contributed by atoms with Crippen LogP contribution in [0.5, 0.6) is 5.75 Å². The van der Waals surface area contributed by atoms with Crippen molar-refractivity contribution in [3.05, 3.63) is 77.6 Å². The second-order valence-electron chi connectivity index (χ2n) is 8.86. The largest absolute Gasteiger partial charge is 0.435 e. The number of rotatable bonds is 15. The lowest BCUT2D eigenvalue weighted by molar-refractivity contribution is -0.0498. The molecule has 34 heavy (non-hydrogen) atoms. The fraction of sp³-hybridized carbons (Fsp3) is 0.448. The van der Waals surface area contributed by atoms with Crippen molar-refractivity contribution in [1.82, 2.24) is 9.97 Å². The first-order valence-electron chi connectivity index (χ1n) is 12.6. The molecule has 3 rings (SSSR count). The average Bonchev–Trinajstić information content (AvgIpc) is 2.86. The van der Waals surface area contributed by atoms with E-state index in [1.807, 2.05) is 24.5 Å². The summed E-state index contributed by atoms with van der Waals surface area (Å²) in [6, 6.07) is 15.1. The summed E-state index contributed by atoms with van der Waals surface area (Å²) in [4.78, 5) is 9.15. The molecule has 3 nitrogen and oxygen atoms in total. The van der Waals surface area contributed by atoms with Crippen LogP contribution in [0.2, 0.25) is 0 Å². The predicted molar refractivity (Wildman–Crippen MR) is 134 cm³/mol. The van der Waals surface area contributed by atoms with Crippen LogP contribution >= 0.6 is 0 Å². The highest BCUT2D eigenvalue weighted by Gasteiger charge is 2.05. The average molecular weight is 467 g/mol. The lowest BCUT2D eigenvalue weighted by Crippen LogP contribution is -2.01. The van der Waals surface area contributed by atoms with E-state index in [0.717, 1.165) is 36.2 Å². The summed E-state index contributed by atoms with van der Waals surface area (Å²) >= 11 is 0. The monoisotopic (exact) mass is 466 g/mol. The smallest absolute Gasteiger partial charge is 0.387 e. The first kappa shape index (κ1) is 25.8. The Bertz CT molecular complexity index is 941. The summed E-state index contributed by atoms with van der Waals surface area (Å²) in [5, 5.41) is 0. The molecule has 0 unspecified atom stereocenters. The number of nitrogens with zero attached hydrogens (tertiary/aromatic N) is 2. The zero-order valence-electron chi connectivity index (χ0n) is 20.2. The third-order valence-electron chi connectivity index (χ3n) is 6.09. The number of aryl methyl sites for hydroxylation is 3. The minimum absolute atomic E-state index is 0.187. The SMILES string of the molecule is CCCCCCCCCCc1cnc(-c2ccc(CCc3ccc(OC(F)F)cc3)cc2)nc1. The molecule has 0 aliphatic rings. The highest BCUT2D eigenvalue weighted by Crippen LogP contribution is 2.19. The predicted octanol–water partition coefficient (Wildman–Crippen LogP) is 8.21. The van der Waals surface area contributed by atoms with E-state index >= 15 is 0 Å². The molecule has 0 saturated heterocycles. The van der Waals surface area contributed by atoms with Gasteiger partial charge in [0.05, 0.1) is 0 Å². The van der Waals surface area contributed by atoms with Gasteiger partial charge in [0, 0.05) is 18.0 Å². The Hall–Kier alpha value is -2.82. The molecule has 0 aliphatic heterocycles. The lowest BCUT2D eigenvalue weighted by atomic mass is 10.0. The van der Waals surface area contributed by atoms with Crippen molar-refractivity contribution in [2.75, 3.05) is 0 Å². The number of aromatic nitrogens is 2. The fourth-order valence-corrected chi connectivity index (χ4v) is 4.04. The Morgan fingerprint density at radius 2 is 1.18 bits per heavy atom. The number of ether oxygens (including phenoxy) is 1. The summed E-state index contributed by atoms with van der Waals surface area (Å²) in [5.41, 5.74) is 4.51. The minimum Gasteiger partial charge on any atom is -0.435 e. The van der Waals surface area contributed by atoms with Gasteiger partial charge in [-0.1, -0.05) is 88.3 Å². The van der Waals surface area contributed by atoms with E-state index in [-0.39, 0.29) is 5.75 Å². The highest BCUT2D eigenvalue weighted by molar-refractivity contribution is 5.55. The van der Waals surface area contributed by atoms with Gasteiger partial charge in [-0.05, 0) is 54.5 Å². The summed E-state index contributed by atoms with van der Waals surface area (Å²) < 4.78 is 28.9. The molecule has 1 heterocycles. The molecule has 0 aliphatic carbocycles. The number of hydrogen-bond donors (Lipinski definition) is 0. The highest BCUT2D eigenvalue weighted by atomic mass is 19.3. The Morgan fingerprint density at radius 1 is 0.647 bits per heavy atom. The molecule has 0 radical (unpaired) electrons. The number of hydrogen-bond acceptors (Lipinski definition) is 3. The van der Waals surface area contributed by atoms with Crippen LogP contribution in [0.3, 0.4) is 0 Å². The van der Waals surface area contributed by atoms with Crippen molar-refractivity contribution in [2.45, 2.75) is 84.2 Å². The van der Waals surface area contributed by atoms with Crippen LogP contribution in [0.25, 0.3) is 11.4 Å². The van der Waals surface area contributed by atoms with Crippen LogP contribution in [-0.2, 0) is 19.3 Å². The zero-order chi connectivity index (χ0) is 24.0. The van der Waals surface area contributed by atoms with Gasteiger partial charge in [-0.2, -0.15) is 8.78 Å². The molecule has 0 atom stereocenters. The van der Waals surface area contributed by atoms with Gasteiger partial charge in [0.15, 0.2) is 5.82 Å². The van der Waals surface area contributed by atoms with Crippen molar-refractivity contribution in [3.63, 3.8) is 0 Å². The molecular weight excluding hydrogens is 430 g/mol. The van der Waals surface area contributed by atoms with E-state index in [1.54, 1.807) is 12.1 Å². The molecule has 5 heteroatoms.